The van der Waals surface area contributed by atoms with Crippen molar-refractivity contribution in [3.63, 3.8) is 0 Å². The third-order valence-electron chi connectivity index (χ3n) is 6.43. The molecule has 8 nitrogen and oxygen atoms in total. The summed E-state index contributed by atoms with van der Waals surface area (Å²) in [7, 11) is 0. The molecule has 0 radical (unpaired) electrons. The highest BCUT2D eigenvalue weighted by Gasteiger charge is 2.22. The lowest BCUT2D eigenvalue weighted by Gasteiger charge is -2.08. The summed E-state index contributed by atoms with van der Waals surface area (Å²) < 4.78 is 29.8. The molecule has 3 N–H and O–H groups in total. The number of hydrogen-bond acceptors (Lipinski definition) is 6. The summed E-state index contributed by atoms with van der Waals surface area (Å²) >= 11 is 1.03. The first-order chi connectivity index (χ1) is 19.5. The van der Waals surface area contributed by atoms with Crippen molar-refractivity contribution < 1.29 is 13.6 Å². The van der Waals surface area contributed by atoms with Gasteiger partial charge in [0.1, 0.15) is 11.4 Å². The summed E-state index contributed by atoms with van der Waals surface area (Å²) in [5, 5.41) is 9.84. The van der Waals surface area contributed by atoms with Gasteiger partial charge in [0, 0.05) is 27.8 Å². The van der Waals surface area contributed by atoms with Crippen molar-refractivity contribution in [3.8, 4) is 33.2 Å². The molecule has 0 aliphatic heterocycles. The molecule has 0 unspecified atom stereocenters. The first kappa shape index (κ1) is 23.8. The number of hydrogen-bond donors (Lipinski definition) is 3. The van der Waals surface area contributed by atoms with Gasteiger partial charge in [-0.2, -0.15) is 9.49 Å². The van der Waals surface area contributed by atoms with Gasteiger partial charge in [0.25, 0.3) is 5.91 Å². The zero-order valence-corrected chi connectivity index (χ0v) is 21.3. The lowest BCUT2D eigenvalue weighted by molar-refractivity contribution is 0.102. The van der Waals surface area contributed by atoms with Gasteiger partial charge in [0.2, 0.25) is 0 Å². The maximum atomic E-state index is 16.1. The molecule has 11 heteroatoms. The van der Waals surface area contributed by atoms with Crippen LogP contribution in [0.1, 0.15) is 10.4 Å². The van der Waals surface area contributed by atoms with Crippen molar-refractivity contribution in [2.24, 2.45) is 0 Å². The Labute approximate surface area is 228 Å². The monoisotopic (exact) mass is 549 g/mol. The molecule has 0 bridgehead atoms. The van der Waals surface area contributed by atoms with Crippen molar-refractivity contribution in [1.29, 1.82) is 0 Å². The highest BCUT2D eigenvalue weighted by molar-refractivity contribution is 7.14. The van der Waals surface area contributed by atoms with Crippen LogP contribution in [0.2, 0.25) is 0 Å². The average molecular weight is 550 g/mol. The third kappa shape index (κ3) is 4.09. The van der Waals surface area contributed by atoms with E-state index in [0.717, 1.165) is 21.8 Å². The molecule has 0 saturated carbocycles. The number of para-hydroxylation sites is 1. The molecule has 0 atom stereocenters. The number of rotatable bonds is 5. The maximum absolute atomic E-state index is 16.1. The number of carbonyl (C=O) groups is 1. The molecule has 0 spiro atoms. The number of pyridine rings is 2. The summed E-state index contributed by atoms with van der Waals surface area (Å²) in [6.07, 6.45) is 4.44. The summed E-state index contributed by atoms with van der Waals surface area (Å²) in [5.74, 6) is -0.575. The number of nitrogens with one attached hydrogen (secondary N) is 3. The normalized spacial score (nSPS) is 11.3. The minimum absolute atomic E-state index is 0.0457. The van der Waals surface area contributed by atoms with Crippen LogP contribution in [-0.4, -0.2) is 36.0 Å². The fraction of sp³-hybridized carbons (Fsp3) is 0. The Morgan fingerprint density at radius 3 is 2.60 bits per heavy atom. The summed E-state index contributed by atoms with van der Waals surface area (Å²) in [5.41, 5.74) is 4.06. The van der Waals surface area contributed by atoms with Gasteiger partial charge in [-0.05, 0) is 36.4 Å². The number of H-pyrrole nitrogens is 2. The Kier molecular flexibility index (Phi) is 5.64. The predicted molar refractivity (Wildman–Crippen MR) is 150 cm³/mol. The molecule has 5 heterocycles. The van der Waals surface area contributed by atoms with Crippen LogP contribution in [0, 0.1) is 10.9 Å². The van der Waals surface area contributed by atoms with E-state index in [-0.39, 0.29) is 27.8 Å². The van der Waals surface area contributed by atoms with Crippen LogP contribution in [0.3, 0.4) is 0 Å². The topological polar surface area (TPSA) is 112 Å². The number of amides is 1. The van der Waals surface area contributed by atoms with Crippen LogP contribution in [0.15, 0.2) is 85.3 Å². The molecule has 0 aliphatic rings. The van der Waals surface area contributed by atoms with Crippen molar-refractivity contribution in [3.05, 3.63) is 102 Å². The standard InChI is InChI=1S/C29H17F2N7OS/c30-22-10-9-21(40-22)18-7-4-8-19-26(18)36-28(35-19)27-23-20(37-38-27)14-33-25(24(23)31)16-11-17(13-32-12-16)34-29(39)15-5-2-1-3-6-15/h1-14H,(H,34,39)(H,35,36)(H,37,38). The fourth-order valence-corrected chi connectivity index (χ4v) is 5.34. The number of aromatic amines is 2. The van der Waals surface area contributed by atoms with Gasteiger partial charge >= 0.3 is 0 Å². The molecule has 7 rings (SSSR count). The lowest BCUT2D eigenvalue weighted by atomic mass is 10.1. The Hall–Kier alpha value is -5.29. The van der Waals surface area contributed by atoms with Gasteiger partial charge in [-0.1, -0.05) is 30.3 Å². The average Bonchev–Trinajstić information content (AvgIpc) is 3.72. The Morgan fingerprint density at radius 2 is 1.77 bits per heavy atom. The third-order valence-corrected chi connectivity index (χ3v) is 7.33. The van der Waals surface area contributed by atoms with Gasteiger partial charge < -0.3 is 10.3 Å². The van der Waals surface area contributed by atoms with Crippen LogP contribution in [0.25, 0.3) is 55.2 Å². The molecule has 7 aromatic rings. The quantitative estimate of drug-likeness (QED) is 0.218. The maximum Gasteiger partial charge on any atom is 0.255 e. The van der Waals surface area contributed by atoms with E-state index in [1.807, 2.05) is 24.3 Å². The molecular formula is C29H17F2N7OS. The molecule has 0 aliphatic carbocycles. The second kappa shape index (κ2) is 9.47. The first-order valence-corrected chi connectivity index (χ1v) is 13.0. The zero-order chi connectivity index (χ0) is 27.2. The molecule has 0 fully saturated rings. The summed E-state index contributed by atoms with van der Waals surface area (Å²) in [6, 6.07) is 19.0. The van der Waals surface area contributed by atoms with E-state index in [2.05, 4.69) is 30.5 Å². The van der Waals surface area contributed by atoms with Crippen molar-refractivity contribution in [2.75, 3.05) is 5.32 Å². The van der Waals surface area contributed by atoms with E-state index in [1.165, 1.54) is 24.7 Å². The van der Waals surface area contributed by atoms with Crippen molar-refractivity contribution in [1.82, 2.24) is 30.1 Å². The van der Waals surface area contributed by atoms with E-state index < -0.39 is 5.82 Å². The number of aromatic nitrogens is 6. The number of imidazole rings is 1. The summed E-state index contributed by atoms with van der Waals surface area (Å²) in [4.78, 5) is 29.7. The Balaban J connectivity index is 1.28. The molecule has 2 aromatic carbocycles. The van der Waals surface area contributed by atoms with Gasteiger partial charge in [-0.15, -0.1) is 11.3 Å². The van der Waals surface area contributed by atoms with Crippen LogP contribution >= 0.6 is 11.3 Å². The minimum atomic E-state index is -0.615. The number of halogens is 2. The Bertz CT molecular complexity index is 2050. The zero-order valence-electron chi connectivity index (χ0n) is 20.4. The molecule has 40 heavy (non-hydrogen) atoms. The highest BCUT2D eigenvalue weighted by Crippen LogP contribution is 2.36. The number of carbonyl (C=O) groups excluding carboxylic acids is 1. The second-order valence-electron chi connectivity index (χ2n) is 8.96. The van der Waals surface area contributed by atoms with Crippen LogP contribution in [0.5, 0.6) is 0 Å². The van der Waals surface area contributed by atoms with Gasteiger partial charge in [0.05, 0.1) is 40.0 Å². The number of fused-ring (bicyclic) bond motifs is 2. The minimum Gasteiger partial charge on any atom is -0.337 e. The fourth-order valence-electron chi connectivity index (χ4n) is 4.58. The second-order valence-corrected chi connectivity index (χ2v) is 9.99. The van der Waals surface area contributed by atoms with Gasteiger partial charge in [0.15, 0.2) is 16.8 Å². The number of benzene rings is 2. The van der Waals surface area contributed by atoms with Crippen LogP contribution in [-0.2, 0) is 0 Å². The molecule has 0 saturated heterocycles. The van der Waals surface area contributed by atoms with E-state index in [0.29, 0.717) is 39.2 Å². The summed E-state index contributed by atoms with van der Waals surface area (Å²) in [6.45, 7) is 0. The van der Waals surface area contributed by atoms with Crippen LogP contribution in [0.4, 0.5) is 14.5 Å². The Morgan fingerprint density at radius 1 is 0.900 bits per heavy atom. The van der Waals surface area contributed by atoms with E-state index in [4.69, 9.17) is 4.98 Å². The predicted octanol–water partition coefficient (Wildman–Crippen LogP) is 6.82. The van der Waals surface area contributed by atoms with Crippen molar-refractivity contribution >= 4 is 44.9 Å². The van der Waals surface area contributed by atoms with Gasteiger partial charge in [-0.3, -0.25) is 19.9 Å². The highest BCUT2D eigenvalue weighted by atomic mass is 32.1. The smallest absolute Gasteiger partial charge is 0.255 e. The van der Waals surface area contributed by atoms with E-state index >= 15 is 4.39 Å². The largest absolute Gasteiger partial charge is 0.337 e. The molecule has 1 amide bonds. The van der Waals surface area contributed by atoms with Crippen LogP contribution < -0.4 is 5.32 Å². The van der Waals surface area contributed by atoms with E-state index in [9.17, 15) is 9.18 Å². The van der Waals surface area contributed by atoms with Gasteiger partial charge in [-0.25, -0.2) is 9.37 Å². The van der Waals surface area contributed by atoms with E-state index in [1.54, 1.807) is 36.4 Å². The molecule has 194 valence electrons. The SMILES string of the molecule is O=C(Nc1cncc(-c2ncc3[nH]nc(-c4nc5c(-c6ccc(F)s6)cccc5[nH]4)c3c2F)c1)c1ccccc1. The lowest BCUT2D eigenvalue weighted by Crippen LogP contribution is -2.11. The first-order valence-electron chi connectivity index (χ1n) is 12.1. The number of nitrogens with zero attached hydrogens (tertiary/aromatic N) is 4. The van der Waals surface area contributed by atoms with Crippen molar-refractivity contribution in [2.45, 2.75) is 0 Å². The molecular weight excluding hydrogens is 532 g/mol. The molecule has 5 aromatic heterocycles. The number of thiophene rings is 1. The number of anilines is 1.